The van der Waals surface area contributed by atoms with Crippen molar-refractivity contribution >= 4 is 17.9 Å². The number of hydrogen-bond donors (Lipinski definition) is 1. The molecule has 1 atom stereocenters. The van der Waals surface area contributed by atoms with Gasteiger partial charge in [0, 0.05) is 19.6 Å². The van der Waals surface area contributed by atoms with E-state index in [0.29, 0.717) is 25.2 Å². The fraction of sp³-hybridized carbons (Fsp3) is 0.824. The minimum Gasteiger partial charge on any atom is -0.464 e. The summed E-state index contributed by atoms with van der Waals surface area (Å²) < 4.78 is 5.02. The third-order valence-electron chi connectivity index (χ3n) is 4.78. The summed E-state index contributed by atoms with van der Waals surface area (Å²) >= 11 is 0. The van der Waals surface area contributed by atoms with Crippen molar-refractivity contribution in [3.8, 4) is 0 Å². The number of esters is 1. The van der Waals surface area contributed by atoms with Crippen LogP contribution >= 0.6 is 0 Å². The largest absolute Gasteiger partial charge is 0.464 e. The molecule has 1 spiro atoms. The monoisotopic (exact) mass is 339 g/mol. The molecule has 0 aliphatic carbocycles. The maximum Gasteiger partial charge on any atom is 0.329 e. The van der Waals surface area contributed by atoms with E-state index in [1.54, 1.807) is 13.8 Å². The topological polar surface area (TPSA) is 79.0 Å². The average Bonchev–Trinajstić information content (AvgIpc) is 2.75. The highest BCUT2D eigenvalue weighted by Crippen LogP contribution is 2.31. The van der Waals surface area contributed by atoms with E-state index in [1.165, 1.54) is 0 Å². The lowest BCUT2D eigenvalue weighted by Gasteiger charge is -2.38. The Morgan fingerprint density at radius 1 is 1.25 bits per heavy atom. The summed E-state index contributed by atoms with van der Waals surface area (Å²) in [6.45, 7) is 10.6. The van der Waals surface area contributed by atoms with Gasteiger partial charge in [-0.1, -0.05) is 20.8 Å². The van der Waals surface area contributed by atoms with E-state index in [2.05, 4.69) is 24.1 Å². The SMILES string of the molecule is CCOC(=O)C(CC)N1C(=O)NC2(CCN(CC(C)C)CC2)C1=O. The normalized spacial score (nSPS) is 22.1. The van der Waals surface area contributed by atoms with Gasteiger partial charge in [-0.15, -0.1) is 0 Å². The van der Waals surface area contributed by atoms with Crippen LogP contribution in [0.2, 0.25) is 0 Å². The van der Waals surface area contributed by atoms with Crippen LogP contribution in [0.3, 0.4) is 0 Å². The molecular weight excluding hydrogens is 310 g/mol. The predicted octanol–water partition coefficient (Wildman–Crippen LogP) is 1.37. The van der Waals surface area contributed by atoms with Gasteiger partial charge in [0.2, 0.25) is 0 Å². The van der Waals surface area contributed by atoms with E-state index >= 15 is 0 Å². The Morgan fingerprint density at radius 2 is 1.88 bits per heavy atom. The van der Waals surface area contributed by atoms with Gasteiger partial charge in [0.15, 0.2) is 0 Å². The van der Waals surface area contributed by atoms with Crippen LogP contribution in [0, 0.1) is 5.92 Å². The maximum atomic E-state index is 12.9. The van der Waals surface area contributed by atoms with E-state index in [-0.39, 0.29) is 12.5 Å². The van der Waals surface area contributed by atoms with Crippen LogP contribution in [-0.4, -0.2) is 65.5 Å². The predicted molar refractivity (Wildman–Crippen MR) is 89.3 cm³/mol. The summed E-state index contributed by atoms with van der Waals surface area (Å²) in [6.07, 6.45) is 1.52. The third-order valence-corrected chi connectivity index (χ3v) is 4.78. The van der Waals surface area contributed by atoms with Crippen LogP contribution in [0.5, 0.6) is 0 Å². The Labute approximate surface area is 143 Å². The van der Waals surface area contributed by atoms with Crippen LogP contribution in [0.4, 0.5) is 4.79 Å². The Kier molecular flexibility index (Phi) is 5.85. The summed E-state index contributed by atoms with van der Waals surface area (Å²) in [5.41, 5.74) is -0.857. The summed E-state index contributed by atoms with van der Waals surface area (Å²) in [4.78, 5) is 40.8. The smallest absolute Gasteiger partial charge is 0.329 e. The van der Waals surface area contributed by atoms with Gasteiger partial charge >= 0.3 is 12.0 Å². The highest BCUT2D eigenvalue weighted by molar-refractivity contribution is 6.09. The second-order valence-electron chi connectivity index (χ2n) is 7.06. The lowest BCUT2D eigenvalue weighted by atomic mass is 9.87. The fourth-order valence-electron chi connectivity index (χ4n) is 3.59. The number of piperidine rings is 1. The molecule has 2 aliphatic heterocycles. The molecule has 1 N–H and O–H groups in total. The van der Waals surface area contributed by atoms with E-state index < -0.39 is 23.6 Å². The molecule has 2 heterocycles. The number of nitrogens with one attached hydrogen (secondary N) is 1. The molecule has 0 bridgehead atoms. The molecular formula is C17H29N3O4. The van der Waals surface area contributed by atoms with Crippen LogP contribution < -0.4 is 5.32 Å². The summed E-state index contributed by atoms with van der Waals surface area (Å²) in [5, 5.41) is 2.86. The maximum absolute atomic E-state index is 12.9. The first-order chi connectivity index (χ1) is 11.3. The number of carbonyl (C=O) groups is 3. The minimum atomic E-state index is -0.857. The van der Waals surface area contributed by atoms with Crippen molar-refractivity contribution in [3.05, 3.63) is 0 Å². The van der Waals surface area contributed by atoms with Crippen molar-refractivity contribution < 1.29 is 19.1 Å². The molecule has 7 nitrogen and oxygen atoms in total. The molecule has 24 heavy (non-hydrogen) atoms. The molecule has 0 aromatic heterocycles. The molecule has 0 aromatic rings. The number of hydrogen-bond acceptors (Lipinski definition) is 5. The van der Waals surface area contributed by atoms with Gasteiger partial charge in [-0.3, -0.25) is 4.79 Å². The van der Waals surface area contributed by atoms with Crippen molar-refractivity contribution in [1.29, 1.82) is 0 Å². The Hall–Kier alpha value is -1.63. The van der Waals surface area contributed by atoms with Crippen LogP contribution in [0.1, 0.15) is 47.0 Å². The number of rotatable bonds is 6. The number of likely N-dealkylation sites (tertiary alicyclic amines) is 1. The number of urea groups is 1. The Bertz CT molecular complexity index is 498. The lowest BCUT2D eigenvalue weighted by Crippen LogP contribution is -2.56. The van der Waals surface area contributed by atoms with Crippen molar-refractivity contribution in [3.63, 3.8) is 0 Å². The number of carbonyl (C=O) groups excluding carboxylic acids is 3. The van der Waals surface area contributed by atoms with Crippen molar-refractivity contribution in [2.24, 2.45) is 5.92 Å². The number of nitrogens with zero attached hydrogens (tertiary/aromatic N) is 2. The quantitative estimate of drug-likeness (QED) is 0.584. The zero-order chi connectivity index (χ0) is 17.9. The molecule has 136 valence electrons. The lowest BCUT2D eigenvalue weighted by molar-refractivity contribution is -0.153. The Balaban J connectivity index is 2.10. The molecule has 2 fully saturated rings. The standard InChI is InChI=1S/C17H29N3O4/c1-5-13(14(21)24-6-2)20-15(22)17(18-16(20)23)7-9-19(10-8-17)11-12(3)4/h12-13H,5-11H2,1-4H3,(H,18,23). The van der Waals surface area contributed by atoms with Crippen LogP contribution in [-0.2, 0) is 14.3 Å². The molecule has 0 aromatic carbocycles. The molecule has 1 unspecified atom stereocenters. The molecule has 0 radical (unpaired) electrons. The molecule has 2 aliphatic rings. The first kappa shape index (κ1) is 18.7. The zero-order valence-corrected chi connectivity index (χ0v) is 15.1. The van der Waals surface area contributed by atoms with E-state index in [4.69, 9.17) is 4.74 Å². The Morgan fingerprint density at radius 3 is 2.38 bits per heavy atom. The fourth-order valence-corrected chi connectivity index (χ4v) is 3.59. The highest BCUT2D eigenvalue weighted by Gasteiger charge is 2.55. The van der Waals surface area contributed by atoms with E-state index in [9.17, 15) is 14.4 Å². The van der Waals surface area contributed by atoms with Crippen molar-refractivity contribution in [2.45, 2.75) is 58.5 Å². The number of imide groups is 1. The molecule has 0 saturated carbocycles. The van der Waals surface area contributed by atoms with Crippen molar-refractivity contribution in [1.82, 2.24) is 15.1 Å². The number of amides is 3. The van der Waals surface area contributed by atoms with Crippen LogP contribution in [0.25, 0.3) is 0 Å². The second kappa shape index (κ2) is 7.51. The second-order valence-corrected chi connectivity index (χ2v) is 7.06. The minimum absolute atomic E-state index is 0.230. The van der Waals surface area contributed by atoms with E-state index in [1.807, 2.05) is 0 Å². The number of ether oxygens (including phenoxy) is 1. The van der Waals surface area contributed by atoms with Gasteiger partial charge in [0.05, 0.1) is 6.61 Å². The molecule has 2 rings (SSSR count). The van der Waals surface area contributed by atoms with Gasteiger partial charge in [-0.25, -0.2) is 14.5 Å². The first-order valence-electron chi connectivity index (χ1n) is 8.89. The van der Waals surface area contributed by atoms with Gasteiger partial charge in [-0.05, 0) is 32.1 Å². The van der Waals surface area contributed by atoms with Crippen LogP contribution in [0.15, 0.2) is 0 Å². The summed E-state index contributed by atoms with van der Waals surface area (Å²) in [5.74, 6) is -0.230. The average molecular weight is 339 g/mol. The van der Waals surface area contributed by atoms with Gasteiger partial charge in [0.25, 0.3) is 5.91 Å². The highest BCUT2D eigenvalue weighted by atomic mass is 16.5. The van der Waals surface area contributed by atoms with Gasteiger partial charge in [0.1, 0.15) is 11.6 Å². The van der Waals surface area contributed by atoms with Crippen molar-refractivity contribution in [2.75, 3.05) is 26.2 Å². The van der Waals surface area contributed by atoms with Gasteiger partial charge in [-0.2, -0.15) is 0 Å². The van der Waals surface area contributed by atoms with Gasteiger partial charge < -0.3 is 15.0 Å². The summed E-state index contributed by atoms with van der Waals surface area (Å²) in [7, 11) is 0. The van der Waals surface area contributed by atoms with E-state index in [0.717, 1.165) is 24.5 Å². The first-order valence-corrected chi connectivity index (χ1v) is 8.89. The zero-order valence-electron chi connectivity index (χ0n) is 15.1. The summed E-state index contributed by atoms with van der Waals surface area (Å²) in [6, 6.07) is -1.32. The third kappa shape index (κ3) is 3.55. The molecule has 2 saturated heterocycles. The molecule has 7 heteroatoms. The molecule has 3 amide bonds.